The molecule has 0 saturated carbocycles. The first kappa shape index (κ1) is 7.54. The molecule has 1 rings (SSSR count). The van der Waals surface area contributed by atoms with E-state index in [-0.39, 0.29) is 12.4 Å². The molecule has 0 spiro atoms. The zero-order chi connectivity index (χ0) is 7.78. The second-order valence-electron chi connectivity index (χ2n) is 2.86. The first-order chi connectivity index (χ1) is 4.58. The third-order valence-corrected chi connectivity index (χ3v) is 2.11. The minimum Gasteiger partial charge on any atom is -0.457 e. The molecule has 1 N–H and O–H groups in total. The van der Waals surface area contributed by atoms with E-state index in [1.54, 1.807) is 6.92 Å². The molecule has 0 aliphatic carbocycles. The number of esters is 1. The summed E-state index contributed by atoms with van der Waals surface area (Å²) in [5, 5.41) is 9.27. The first-order valence-corrected chi connectivity index (χ1v) is 3.48. The van der Waals surface area contributed by atoms with E-state index in [2.05, 4.69) is 0 Å². The molecule has 1 saturated heterocycles. The van der Waals surface area contributed by atoms with Crippen molar-refractivity contribution in [3.8, 4) is 0 Å². The molecule has 0 amide bonds. The van der Waals surface area contributed by atoms with Gasteiger partial charge in [-0.15, -0.1) is 0 Å². The number of hydrogen-bond acceptors (Lipinski definition) is 3. The van der Waals surface area contributed by atoms with Gasteiger partial charge in [-0.1, -0.05) is 6.92 Å². The highest BCUT2D eigenvalue weighted by Gasteiger charge is 2.42. The highest BCUT2D eigenvalue weighted by atomic mass is 16.6. The highest BCUT2D eigenvalue weighted by Crippen LogP contribution is 2.29. The van der Waals surface area contributed by atoms with Crippen LogP contribution < -0.4 is 0 Å². The van der Waals surface area contributed by atoms with Gasteiger partial charge in [-0.2, -0.15) is 0 Å². The average molecular weight is 144 g/mol. The van der Waals surface area contributed by atoms with Gasteiger partial charge >= 0.3 is 5.97 Å². The standard InChI is InChI=1S/C7H12O3/c1-3-7(2)5(8)4-6(9)10-7/h5,8H,3-4H2,1-2H3. The summed E-state index contributed by atoms with van der Waals surface area (Å²) in [6.07, 6.45) is 0.189. The Labute approximate surface area is 60.0 Å². The Morgan fingerprint density at radius 3 is 2.70 bits per heavy atom. The number of aliphatic hydroxyl groups excluding tert-OH is 1. The molecule has 2 atom stereocenters. The van der Waals surface area contributed by atoms with E-state index >= 15 is 0 Å². The molecule has 0 aromatic carbocycles. The van der Waals surface area contributed by atoms with Crippen LogP contribution in [0, 0.1) is 0 Å². The predicted molar refractivity (Wildman–Crippen MR) is 35.4 cm³/mol. The maximum atomic E-state index is 10.6. The van der Waals surface area contributed by atoms with Crippen LogP contribution >= 0.6 is 0 Å². The van der Waals surface area contributed by atoms with Gasteiger partial charge in [0.05, 0.1) is 6.42 Å². The summed E-state index contributed by atoms with van der Waals surface area (Å²) in [6.45, 7) is 3.64. The van der Waals surface area contributed by atoms with Crippen molar-refractivity contribution >= 4 is 5.97 Å². The predicted octanol–water partition coefficient (Wildman–Crippen LogP) is 0.463. The van der Waals surface area contributed by atoms with Crippen LogP contribution in [0.25, 0.3) is 0 Å². The molecule has 1 fully saturated rings. The van der Waals surface area contributed by atoms with Crippen molar-refractivity contribution in [2.75, 3.05) is 0 Å². The molecule has 58 valence electrons. The maximum absolute atomic E-state index is 10.6. The Balaban J connectivity index is 2.70. The van der Waals surface area contributed by atoms with Crippen LogP contribution in [0.3, 0.4) is 0 Å². The average Bonchev–Trinajstić information content (AvgIpc) is 2.09. The van der Waals surface area contributed by atoms with E-state index in [9.17, 15) is 9.90 Å². The van der Waals surface area contributed by atoms with E-state index in [0.29, 0.717) is 6.42 Å². The zero-order valence-corrected chi connectivity index (χ0v) is 6.26. The lowest BCUT2D eigenvalue weighted by Crippen LogP contribution is -2.34. The number of ether oxygens (including phenoxy) is 1. The van der Waals surface area contributed by atoms with Crippen LogP contribution in [0.4, 0.5) is 0 Å². The fourth-order valence-corrected chi connectivity index (χ4v) is 1.05. The van der Waals surface area contributed by atoms with Crippen LogP contribution in [0.2, 0.25) is 0 Å². The number of carbonyl (C=O) groups is 1. The molecule has 3 nitrogen and oxygen atoms in total. The van der Waals surface area contributed by atoms with E-state index in [1.165, 1.54) is 0 Å². The van der Waals surface area contributed by atoms with Crippen LogP contribution in [-0.4, -0.2) is 22.8 Å². The Kier molecular flexibility index (Phi) is 1.68. The molecule has 2 unspecified atom stereocenters. The van der Waals surface area contributed by atoms with Crippen LogP contribution in [0.1, 0.15) is 26.7 Å². The molecule has 1 heterocycles. The van der Waals surface area contributed by atoms with Crippen molar-refractivity contribution in [3.05, 3.63) is 0 Å². The number of cyclic esters (lactones) is 1. The van der Waals surface area contributed by atoms with Gasteiger partial charge in [-0.3, -0.25) is 4.79 Å². The van der Waals surface area contributed by atoms with Gasteiger partial charge in [0, 0.05) is 0 Å². The summed E-state index contributed by atoms with van der Waals surface area (Å²) in [6, 6.07) is 0. The summed E-state index contributed by atoms with van der Waals surface area (Å²) in [5.41, 5.74) is -0.628. The van der Waals surface area contributed by atoms with Gasteiger partial charge in [-0.05, 0) is 13.3 Å². The zero-order valence-electron chi connectivity index (χ0n) is 6.26. The summed E-state index contributed by atoms with van der Waals surface area (Å²) in [7, 11) is 0. The molecule has 1 aliphatic rings. The second kappa shape index (κ2) is 2.23. The normalized spacial score (nSPS) is 39.9. The number of aliphatic hydroxyl groups is 1. The quantitative estimate of drug-likeness (QED) is 0.544. The Morgan fingerprint density at radius 2 is 2.50 bits per heavy atom. The van der Waals surface area contributed by atoms with Crippen molar-refractivity contribution in [2.24, 2.45) is 0 Å². The molecule has 0 bridgehead atoms. The number of hydrogen-bond donors (Lipinski definition) is 1. The van der Waals surface area contributed by atoms with Gasteiger partial charge in [0.25, 0.3) is 0 Å². The van der Waals surface area contributed by atoms with Crippen molar-refractivity contribution in [1.29, 1.82) is 0 Å². The molecule has 3 heteroatoms. The van der Waals surface area contributed by atoms with Crippen LogP contribution in [0.5, 0.6) is 0 Å². The Hall–Kier alpha value is -0.570. The molecule has 0 aromatic heterocycles. The molecule has 1 aliphatic heterocycles. The van der Waals surface area contributed by atoms with Gasteiger partial charge in [0.2, 0.25) is 0 Å². The minimum atomic E-state index is -0.628. The van der Waals surface area contributed by atoms with E-state index in [1.807, 2.05) is 6.92 Å². The van der Waals surface area contributed by atoms with Gasteiger partial charge in [-0.25, -0.2) is 0 Å². The van der Waals surface area contributed by atoms with Crippen molar-refractivity contribution < 1.29 is 14.6 Å². The maximum Gasteiger partial charge on any atom is 0.309 e. The topological polar surface area (TPSA) is 46.5 Å². The SMILES string of the molecule is CCC1(C)OC(=O)CC1O. The fourth-order valence-electron chi connectivity index (χ4n) is 1.05. The summed E-state index contributed by atoms with van der Waals surface area (Å²) < 4.78 is 4.92. The van der Waals surface area contributed by atoms with Crippen molar-refractivity contribution in [1.82, 2.24) is 0 Å². The lowest BCUT2D eigenvalue weighted by molar-refractivity contribution is -0.149. The van der Waals surface area contributed by atoms with Gasteiger partial charge in [0.15, 0.2) is 0 Å². The van der Waals surface area contributed by atoms with E-state index in [4.69, 9.17) is 4.74 Å². The number of rotatable bonds is 1. The molecular formula is C7H12O3. The van der Waals surface area contributed by atoms with Crippen molar-refractivity contribution in [3.63, 3.8) is 0 Å². The fraction of sp³-hybridized carbons (Fsp3) is 0.857. The Morgan fingerprint density at radius 1 is 1.90 bits per heavy atom. The van der Waals surface area contributed by atoms with Crippen LogP contribution in [-0.2, 0) is 9.53 Å². The molecular weight excluding hydrogens is 132 g/mol. The molecule has 10 heavy (non-hydrogen) atoms. The van der Waals surface area contributed by atoms with E-state index in [0.717, 1.165) is 0 Å². The smallest absolute Gasteiger partial charge is 0.309 e. The third kappa shape index (κ3) is 1.01. The minimum absolute atomic E-state index is 0.143. The second-order valence-corrected chi connectivity index (χ2v) is 2.86. The number of carbonyl (C=O) groups excluding carboxylic acids is 1. The Bertz CT molecular complexity index is 155. The van der Waals surface area contributed by atoms with Crippen LogP contribution in [0.15, 0.2) is 0 Å². The van der Waals surface area contributed by atoms with E-state index < -0.39 is 11.7 Å². The molecule has 0 aromatic rings. The summed E-state index contributed by atoms with van der Waals surface area (Å²) in [4.78, 5) is 10.6. The molecule has 0 radical (unpaired) electrons. The third-order valence-electron chi connectivity index (χ3n) is 2.11. The lowest BCUT2D eigenvalue weighted by atomic mass is 9.97. The van der Waals surface area contributed by atoms with Gasteiger partial charge < -0.3 is 9.84 Å². The monoisotopic (exact) mass is 144 g/mol. The van der Waals surface area contributed by atoms with Gasteiger partial charge in [0.1, 0.15) is 11.7 Å². The van der Waals surface area contributed by atoms with Crippen molar-refractivity contribution in [2.45, 2.75) is 38.4 Å². The lowest BCUT2D eigenvalue weighted by Gasteiger charge is -2.23. The first-order valence-electron chi connectivity index (χ1n) is 3.48. The summed E-state index contributed by atoms with van der Waals surface area (Å²) >= 11 is 0. The highest BCUT2D eigenvalue weighted by molar-refractivity contribution is 5.73. The summed E-state index contributed by atoms with van der Waals surface area (Å²) in [5.74, 6) is -0.295. The largest absolute Gasteiger partial charge is 0.457 e.